The number of anilines is 1. The molecule has 102 valence electrons. The Bertz CT molecular complexity index is 715. The van der Waals surface area contributed by atoms with Crippen LogP contribution in [0.1, 0.15) is 11.7 Å². The average molecular weight is 349 g/mol. The highest BCUT2D eigenvalue weighted by Crippen LogP contribution is 2.28. The van der Waals surface area contributed by atoms with Crippen LogP contribution < -0.4 is 5.32 Å². The van der Waals surface area contributed by atoms with Gasteiger partial charge in [-0.25, -0.2) is 4.98 Å². The van der Waals surface area contributed by atoms with E-state index in [2.05, 4.69) is 26.2 Å². The highest BCUT2D eigenvalue weighted by Gasteiger charge is 2.09. The minimum Gasteiger partial charge on any atom is -0.387 e. The molecule has 1 aromatic carbocycles. The lowest BCUT2D eigenvalue weighted by atomic mass is 10.1. The minimum absolute atomic E-state index is 0.440. The van der Waals surface area contributed by atoms with Gasteiger partial charge in [0.1, 0.15) is 5.82 Å². The van der Waals surface area contributed by atoms with Gasteiger partial charge in [0.05, 0.1) is 6.10 Å². The fourth-order valence-electron chi connectivity index (χ4n) is 2.09. The quantitative estimate of drug-likeness (QED) is 0.742. The van der Waals surface area contributed by atoms with Crippen molar-refractivity contribution < 1.29 is 5.11 Å². The number of aromatic nitrogens is 1. The predicted octanol–water partition coefficient (Wildman–Crippen LogP) is 4.20. The molecule has 3 nitrogen and oxygen atoms in total. The summed E-state index contributed by atoms with van der Waals surface area (Å²) in [5, 5.41) is 19.4. The van der Waals surface area contributed by atoms with Gasteiger partial charge in [-0.15, -0.1) is 0 Å². The number of fused-ring (bicyclic) bond motifs is 1. The van der Waals surface area contributed by atoms with Crippen LogP contribution >= 0.6 is 27.3 Å². The standard InChI is InChI=1S/C15H13BrN2OS/c16-13-3-1-2-12-11(13)4-6-17-15(12)18-8-14(19)10-5-7-20-9-10/h1-7,9,14,19H,8H2,(H,17,18). The van der Waals surface area contributed by atoms with Gasteiger partial charge in [0.2, 0.25) is 0 Å². The van der Waals surface area contributed by atoms with E-state index in [-0.39, 0.29) is 0 Å². The molecule has 1 unspecified atom stereocenters. The Morgan fingerprint density at radius 3 is 2.95 bits per heavy atom. The van der Waals surface area contributed by atoms with Crippen molar-refractivity contribution in [2.75, 3.05) is 11.9 Å². The summed E-state index contributed by atoms with van der Waals surface area (Å²) >= 11 is 5.12. The topological polar surface area (TPSA) is 45.1 Å². The first-order valence-corrected chi connectivity index (χ1v) is 7.96. The zero-order valence-corrected chi connectivity index (χ0v) is 13.0. The molecular formula is C15H13BrN2OS. The van der Waals surface area contributed by atoms with Crippen molar-refractivity contribution in [2.24, 2.45) is 0 Å². The van der Waals surface area contributed by atoms with Gasteiger partial charge in [0, 0.05) is 28.0 Å². The smallest absolute Gasteiger partial charge is 0.133 e. The summed E-state index contributed by atoms with van der Waals surface area (Å²) in [5.41, 5.74) is 0.934. The molecule has 0 aliphatic carbocycles. The summed E-state index contributed by atoms with van der Waals surface area (Å²) in [6, 6.07) is 9.91. The molecule has 0 saturated carbocycles. The molecule has 3 rings (SSSR count). The van der Waals surface area contributed by atoms with Crippen LogP contribution in [0.3, 0.4) is 0 Å². The molecule has 0 saturated heterocycles. The zero-order valence-electron chi connectivity index (χ0n) is 10.6. The van der Waals surface area contributed by atoms with E-state index in [0.717, 1.165) is 26.6 Å². The number of hydrogen-bond acceptors (Lipinski definition) is 4. The first kappa shape index (κ1) is 13.5. The van der Waals surface area contributed by atoms with Gasteiger partial charge in [-0.3, -0.25) is 0 Å². The van der Waals surface area contributed by atoms with Crippen molar-refractivity contribution in [3.8, 4) is 0 Å². The Balaban J connectivity index is 1.83. The van der Waals surface area contributed by atoms with Gasteiger partial charge in [-0.2, -0.15) is 11.3 Å². The molecule has 0 amide bonds. The molecule has 20 heavy (non-hydrogen) atoms. The monoisotopic (exact) mass is 348 g/mol. The molecule has 2 N–H and O–H groups in total. The van der Waals surface area contributed by atoms with Crippen LogP contribution in [-0.4, -0.2) is 16.6 Å². The molecule has 1 atom stereocenters. The summed E-state index contributed by atoms with van der Waals surface area (Å²) in [6.45, 7) is 0.440. The third kappa shape index (κ3) is 2.70. The minimum atomic E-state index is -0.523. The molecular weight excluding hydrogens is 336 g/mol. The number of pyridine rings is 1. The number of nitrogens with one attached hydrogen (secondary N) is 1. The SMILES string of the molecule is OC(CNc1nccc2c(Br)cccc12)c1ccsc1. The summed E-state index contributed by atoms with van der Waals surface area (Å²) in [4.78, 5) is 4.36. The van der Waals surface area contributed by atoms with Crippen LogP contribution in [-0.2, 0) is 0 Å². The largest absolute Gasteiger partial charge is 0.387 e. The van der Waals surface area contributed by atoms with Crippen LogP contribution in [0.5, 0.6) is 0 Å². The summed E-state index contributed by atoms with van der Waals surface area (Å²) in [6.07, 6.45) is 1.25. The van der Waals surface area contributed by atoms with Gasteiger partial charge >= 0.3 is 0 Å². The van der Waals surface area contributed by atoms with Crippen LogP contribution in [0.4, 0.5) is 5.82 Å². The summed E-state index contributed by atoms with van der Waals surface area (Å²) < 4.78 is 1.04. The van der Waals surface area contributed by atoms with Crippen LogP contribution in [0, 0.1) is 0 Å². The molecule has 2 heterocycles. The van der Waals surface area contributed by atoms with Crippen LogP contribution in [0.15, 0.2) is 51.8 Å². The number of halogens is 1. The van der Waals surface area contributed by atoms with Gasteiger partial charge in [-0.1, -0.05) is 28.1 Å². The second-order valence-corrected chi connectivity index (χ2v) is 6.08. The Labute approximate surface area is 129 Å². The van der Waals surface area contributed by atoms with Crippen molar-refractivity contribution in [3.63, 3.8) is 0 Å². The van der Waals surface area contributed by atoms with E-state index >= 15 is 0 Å². The van der Waals surface area contributed by atoms with E-state index in [1.165, 1.54) is 0 Å². The molecule has 2 aromatic heterocycles. The van der Waals surface area contributed by atoms with E-state index < -0.39 is 6.10 Å². The number of aliphatic hydroxyl groups is 1. The third-order valence-electron chi connectivity index (χ3n) is 3.14. The molecule has 0 bridgehead atoms. The Morgan fingerprint density at radius 1 is 1.25 bits per heavy atom. The van der Waals surface area contributed by atoms with Gasteiger partial charge < -0.3 is 10.4 Å². The van der Waals surface area contributed by atoms with Gasteiger partial charge in [0.25, 0.3) is 0 Å². The number of hydrogen-bond donors (Lipinski definition) is 2. The zero-order chi connectivity index (χ0) is 13.9. The summed E-state index contributed by atoms with van der Waals surface area (Å²) in [7, 11) is 0. The van der Waals surface area contributed by atoms with E-state index in [0.29, 0.717) is 6.54 Å². The Morgan fingerprint density at radius 2 is 2.15 bits per heavy atom. The lowest BCUT2D eigenvalue weighted by Crippen LogP contribution is -2.12. The number of thiophene rings is 1. The lowest BCUT2D eigenvalue weighted by Gasteiger charge is -2.13. The van der Waals surface area contributed by atoms with Crippen LogP contribution in [0.25, 0.3) is 10.8 Å². The van der Waals surface area contributed by atoms with Crippen molar-refractivity contribution in [1.82, 2.24) is 4.98 Å². The normalized spacial score (nSPS) is 12.5. The highest BCUT2D eigenvalue weighted by molar-refractivity contribution is 9.10. The number of nitrogens with zero attached hydrogens (tertiary/aromatic N) is 1. The second-order valence-electron chi connectivity index (χ2n) is 4.45. The van der Waals surface area contributed by atoms with Crippen molar-refractivity contribution >= 4 is 43.9 Å². The maximum atomic E-state index is 10.1. The average Bonchev–Trinajstić information content (AvgIpc) is 2.99. The lowest BCUT2D eigenvalue weighted by molar-refractivity contribution is 0.192. The van der Waals surface area contributed by atoms with Gasteiger partial charge in [-0.05, 0) is 34.5 Å². The highest BCUT2D eigenvalue weighted by atomic mass is 79.9. The van der Waals surface area contributed by atoms with E-state index in [1.807, 2.05) is 41.1 Å². The molecule has 3 aromatic rings. The first-order valence-electron chi connectivity index (χ1n) is 6.23. The predicted molar refractivity (Wildman–Crippen MR) is 87.2 cm³/mol. The second kappa shape index (κ2) is 5.91. The Kier molecular flexibility index (Phi) is 4.00. The number of rotatable bonds is 4. The molecule has 0 spiro atoms. The molecule has 0 aliphatic rings. The molecule has 0 radical (unpaired) electrons. The van der Waals surface area contributed by atoms with E-state index in [9.17, 15) is 5.11 Å². The maximum Gasteiger partial charge on any atom is 0.133 e. The third-order valence-corrected chi connectivity index (χ3v) is 4.54. The summed E-state index contributed by atoms with van der Waals surface area (Å²) in [5.74, 6) is 0.790. The van der Waals surface area contributed by atoms with Crippen molar-refractivity contribution in [2.45, 2.75) is 6.10 Å². The molecule has 0 fully saturated rings. The van der Waals surface area contributed by atoms with Crippen LogP contribution in [0.2, 0.25) is 0 Å². The van der Waals surface area contributed by atoms with Gasteiger partial charge in [0.15, 0.2) is 0 Å². The first-order chi connectivity index (χ1) is 9.75. The van der Waals surface area contributed by atoms with Crippen molar-refractivity contribution in [1.29, 1.82) is 0 Å². The maximum absolute atomic E-state index is 10.1. The number of aliphatic hydroxyl groups excluding tert-OH is 1. The fraction of sp³-hybridized carbons (Fsp3) is 0.133. The van der Waals surface area contributed by atoms with E-state index in [4.69, 9.17) is 0 Å². The Hall–Kier alpha value is -1.43. The molecule has 0 aliphatic heterocycles. The fourth-order valence-corrected chi connectivity index (χ4v) is 3.29. The molecule has 5 heteroatoms. The van der Waals surface area contributed by atoms with E-state index in [1.54, 1.807) is 17.5 Å². The van der Waals surface area contributed by atoms with Crippen molar-refractivity contribution in [3.05, 3.63) is 57.3 Å². The number of benzene rings is 1.